The lowest BCUT2D eigenvalue weighted by Crippen LogP contribution is -2.97. The molecule has 2 aromatic rings. The van der Waals surface area contributed by atoms with E-state index in [1.54, 1.807) is 0 Å². The van der Waals surface area contributed by atoms with Gasteiger partial charge in [0.25, 0.3) is 0 Å². The molecule has 0 amide bonds. The molecule has 1 aliphatic rings. The molecule has 0 saturated heterocycles. The largest absolute Gasteiger partial charge is 0.623 e. The maximum atomic E-state index is 12.1. The molecule has 0 bridgehead atoms. The van der Waals surface area contributed by atoms with Gasteiger partial charge in [0.1, 0.15) is 11.4 Å². The molecule has 0 saturated carbocycles. The number of rotatable bonds is 0. The fourth-order valence-electron chi connectivity index (χ4n) is 1.87. The van der Waals surface area contributed by atoms with E-state index in [0.29, 0.717) is 0 Å². The van der Waals surface area contributed by atoms with Crippen LogP contribution in [0.25, 0.3) is 0 Å². The van der Waals surface area contributed by atoms with E-state index in [4.69, 9.17) is 0 Å². The Bertz CT molecular complexity index is 465. The molecule has 15 heavy (non-hydrogen) atoms. The topological polar surface area (TPSA) is 39.5 Å². The van der Waals surface area contributed by atoms with Gasteiger partial charge in [0, 0.05) is 12.1 Å². The van der Waals surface area contributed by atoms with Crippen molar-refractivity contribution in [2.24, 2.45) is 0 Å². The summed E-state index contributed by atoms with van der Waals surface area (Å²) in [5.41, 5.74) is 3.27. The summed E-state index contributed by atoms with van der Waals surface area (Å²) in [4.78, 5) is 0. The first kappa shape index (κ1) is 8.47. The molecule has 0 spiro atoms. The van der Waals surface area contributed by atoms with Crippen LogP contribution in [0, 0.1) is 5.21 Å². The van der Waals surface area contributed by atoms with Gasteiger partial charge >= 0.3 is 0 Å². The highest BCUT2D eigenvalue weighted by atomic mass is 16.5. The Morgan fingerprint density at radius 3 is 1.80 bits per heavy atom. The Hall–Kier alpha value is -1.84. The molecule has 2 N–H and O–H groups in total. The summed E-state index contributed by atoms with van der Waals surface area (Å²) >= 11 is 0. The van der Waals surface area contributed by atoms with Crippen LogP contribution in [0.5, 0.6) is 0 Å². The number of benzene rings is 2. The number of anilines is 2. The number of para-hydroxylation sites is 4. The highest BCUT2D eigenvalue weighted by Crippen LogP contribution is 2.31. The number of fused-ring (bicyclic) bond motifs is 2. The molecule has 3 heteroatoms. The van der Waals surface area contributed by atoms with Crippen molar-refractivity contribution in [3.63, 3.8) is 0 Å². The average Bonchev–Trinajstić information content (AvgIpc) is 2.30. The molecule has 0 fully saturated rings. The van der Waals surface area contributed by atoms with Crippen LogP contribution < -0.4 is 10.4 Å². The van der Waals surface area contributed by atoms with Gasteiger partial charge in [-0.2, -0.15) is 0 Å². The van der Waals surface area contributed by atoms with E-state index in [2.05, 4.69) is 5.32 Å². The van der Waals surface area contributed by atoms with Gasteiger partial charge in [-0.15, -0.1) is 0 Å². The second kappa shape index (κ2) is 3.08. The van der Waals surface area contributed by atoms with E-state index < -0.39 is 0 Å². The van der Waals surface area contributed by atoms with Crippen molar-refractivity contribution in [2.45, 2.75) is 0 Å². The summed E-state index contributed by atoms with van der Waals surface area (Å²) in [6.45, 7) is 0. The highest BCUT2D eigenvalue weighted by Gasteiger charge is 2.20. The number of hydrogen-bond donors (Lipinski definition) is 2. The van der Waals surface area contributed by atoms with Crippen molar-refractivity contribution < 1.29 is 5.06 Å². The van der Waals surface area contributed by atoms with Crippen LogP contribution >= 0.6 is 0 Å². The van der Waals surface area contributed by atoms with Crippen LogP contribution in [-0.4, -0.2) is 0 Å². The van der Waals surface area contributed by atoms with Crippen molar-refractivity contribution in [1.29, 1.82) is 0 Å². The van der Waals surface area contributed by atoms with Crippen LogP contribution in [0.15, 0.2) is 48.5 Å². The first-order valence-corrected chi connectivity index (χ1v) is 4.86. The molecule has 2 aromatic carbocycles. The van der Waals surface area contributed by atoms with Gasteiger partial charge in [-0.1, -0.05) is 24.3 Å². The molecule has 0 radical (unpaired) electrons. The zero-order valence-electron chi connectivity index (χ0n) is 8.03. The summed E-state index contributed by atoms with van der Waals surface area (Å²) in [5.74, 6) is 0. The van der Waals surface area contributed by atoms with E-state index in [0.717, 1.165) is 22.7 Å². The standard InChI is InChI=1S/C12H10N2O/c15-14-11-7-3-1-5-9(11)13-10-6-2-4-8-12(10)14/h1-8,13-14H. The van der Waals surface area contributed by atoms with Gasteiger partial charge in [-0.25, -0.2) is 0 Å². The van der Waals surface area contributed by atoms with Crippen molar-refractivity contribution >= 4 is 22.7 Å². The van der Waals surface area contributed by atoms with E-state index in [-0.39, 0.29) is 5.06 Å². The lowest BCUT2D eigenvalue weighted by atomic mass is 10.1. The summed E-state index contributed by atoms with van der Waals surface area (Å²) in [6, 6.07) is 15.1. The molecule has 3 rings (SSSR count). The van der Waals surface area contributed by atoms with Crippen LogP contribution in [0.4, 0.5) is 22.7 Å². The molecule has 0 aliphatic carbocycles. The fraction of sp³-hybridized carbons (Fsp3) is 0. The number of quaternary nitrogens is 1. The highest BCUT2D eigenvalue weighted by molar-refractivity contribution is 5.79. The SMILES string of the molecule is [O-][NH+]1c2ccccc2Nc2ccccc21. The van der Waals surface area contributed by atoms with Crippen LogP contribution in [0.2, 0.25) is 0 Å². The minimum absolute atomic E-state index is 0.0972. The van der Waals surface area contributed by atoms with Gasteiger partial charge < -0.3 is 15.6 Å². The van der Waals surface area contributed by atoms with Crippen LogP contribution in [-0.2, 0) is 0 Å². The summed E-state index contributed by atoms with van der Waals surface area (Å²) < 4.78 is 0. The maximum Gasteiger partial charge on any atom is 0.160 e. The minimum atomic E-state index is 0.0972. The van der Waals surface area contributed by atoms with Crippen molar-refractivity contribution in [2.75, 3.05) is 5.32 Å². The van der Waals surface area contributed by atoms with Crippen molar-refractivity contribution in [3.05, 3.63) is 53.7 Å². The third kappa shape index (κ3) is 1.21. The third-order valence-corrected chi connectivity index (χ3v) is 2.61. The second-order valence-corrected chi connectivity index (χ2v) is 3.55. The molecule has 1 aliphatic heterocycles. The minimum Gasteiger partial charge on any atom is -0.623 e. The summed E-state index contributed by atoms with van der Waals surface area (Å²) in [7, 11) is 0. The lowest BCUT2D eigenvalue weighted by Gasteiger charge is -2.30. The molecule has 0 aromatic heterocycles. The zero-order valence-corrected chi connectivity index (χ0v) is 8.03. The van der Waals surface area contributed by atoms with Gasteiger partial charge in [0.05, 0.1) is 0 Å². The molecular formula is C12H10N2O. The molecule has 0 atom stereocenters. The van der Waals surface area contributed by atoms with Gasteiger partial charge in [0.2, 0.25) is 0 Å². The fourth-order valence-corrected chi connectivity index (χ4v) is 1.87. The van der Waals surface area contributed by atoms with E-state index >= 15 is 0 Å². The van der Waals surface area contributed by atoms with Gasteiger partial charge in [-0.3, -0.25) is 0 Å². The van der Waals surface area contributed by atoms with Crippen LogP contribution in [0.1, 0.15) is 0 Å². The van der Waals surface area contributed by atoms with E-state index in [9.17, 15) is 5.21 Å². The molecule has 74 valence electrons. The maximum absolute atomic E-state index is 12.1. The Labute approximate surface area is 87.5 Å². The molecule has 3 nitrogen and oxygen atoms in total. The normalized spacial score (nSPS) is 13.9. The Morgan fingerprint density at radius 2 is 1.27 bits per heavy atom. The first-order valence-electron chi connectivity index (χ1n) is 4.86. The first-order chi connectivity index (χ1) is 7.36. The lowest BCUT2D eigenvalue weighted by molar-refractivity contribution is -0.697. The average molecular weight is 198 g/mol. The van der Waals surface area contributed by atoms with Crippen molar-refractivity contribution in [1.82, 2.24) is 0 Å². The summed E-state index contributed by atoms with van der Waals surface area (Å²) in [5, 5.41) is 15.4. The van der Waals surface area contributed by atoms with Gasteiger partial charge in [0.15, 0.2) is 11.4 Å². The smallest absolute Gasteiger partial charge is 0.160 e. The van der Waals surface area contributed by atoms with E-state index in [1.807, 2.05) is 48.5 Å². The molecule has 0 unspecified atom stereocenters. The van der Waals surface area contributed by atoms with Crippen LogP contribution in [0.3, 0.4) is 0 Å². The summed E-state index contributed by atoms with van der Waals surface area (Å²) in [6.07, 6.45) is 0. The van der Waals surface area contributed by atoms with Crippen molar-refractivity contribution in [3.8, 4) is 0 Å². The third-order valence-electron chi connectivity index (χ3n) is 2.61. The second-order valence-electron chi connectivity index (χ2n) is 3.55. The predicted molar refractivity (Wildman–Crippen MR) is 59.8 cm³/mol. The molecular weight excluding hydrogens is 188 g/mol. The molecule has 1 heterocycles. The van der Waals surface area contributed by atoms with E-state index in [1.165, 1.54) is 0 Å². The van der Waals surface area contributed by atoms with Gasteiger partial charge in [-0.05, 0) is 12.1 Å². The number of nitrogens with one attached hydrogen (secondary N) is 2. The zero-order chi connectivity index (χ0) is 10.3. The quantitative estimate of drug-likeness (QED) is 0.636. The Balaban J connectivity index is 2.20. The predicted octanol–water partition coefficient (Wildman–Crippen LogP) is 2.09. The number of hydrogen-bond acceptors (Lipinski definition) is 2. The Morgan fingerprint density at radius 1 is 0.800 bits per heavy atom. The Kier molecular flexibility index (Phi) is 1.74. The monoisotopic (exact) mass is 198 g/mol.